The van der Waals surface area contributed by atoms with Gasteiger partial charge in [-0.15, -0.1) is 11.3 Å². The Kier molecular flexibility index (Phi) is 5.93. The van der Waals surface area contributed by atoms with E-state index in [-0.39, 0.29) is 30.6 Å². The quantitative estimate of drug-likeness (QED) is 0.205. The highest BCUT2D eigenvalue weighted by Crippen LogP contribution is 2.70. The minimum absolute atomic E-state index is 0.0318. The molecule has 4 aromatic rings. The Labute approximate surface area is 255 Å². The average Bonchev–Trinajstić information content (AvgIpc) is 3.37. The van der Waals surface area contributed by atoms with E-state index < -0.39 is 28.7 Å². The van der Waals surface area contributed by atoms with Crippen molar-refractivity contribution in [3.05, 3.63) is 71.3 Å². The highest BCUT2D eigenvalue weighted by molar-refractivity contribution is 7.18. The lowest BCUT2D eigenvalue weighted by molar-refractivity contribution is -0.213. The molecule has 44 heavy (non-hydrogen) atoms. The first-order valence-corrected chi connectivity index (χ1v) is 15.7. The van der Waals surface area contributed by atoms with Gasteiger partial charge in [0.2, 0.25) is 11.7 Å². The zero-order valence-corrected chi connectivity index (χ0v) is 24.9. The minimum Gasteiger partial charge on any atom is -0.370 e. The van der Waals surface area contributed by atoms with Crippen LogP contribution in [0.5, 0.6) is 0 Å². The smallest absolute Gasteiger partial charge is 0.370 e. The molecular formula is C33H30F4N4O2S. The van der Waals surface area contributed by atoms with E-state index >= 15 is 0 Å². The summed E-state index contributed by atoms with van der Waals surface area (Å²) in [4.78, 5) is 27.8. The fourth-order valence-electron chi connectivity index (χ4n) is 7.92. The van der Waals surface area contributed by atoms with Crippen LogP contribution in [0, 0.1) is 17.8 Å². The van der Waals surface area contributed by atoms with E-state index in [2.05, 4.69) is 21.0 Å². The first-order valence-electron chi connectivity index (χ1n) is 14.9. The van der Waals surface area contributed by atoms with Gasteiger partial charge in [0.25, 0.3) is 0 Å². The second-order valence-electron chi connectivity index (χ2n) is 13.4. The Bertz CT molecular complexity index is 1760. The lowest BCUT2D eigenvalue weighted by Crippen LogP contribution is -2.71. The number of carbonyl (C=O) groups excluding carboxylic acids is 1. The van der Waals surface area contributed by atoms with Crippen LogP contribution in [0.1, 0.15) is 61.3 Å². The number of nitrogens with zero attached hydrogens (tertiary/aromatic N) is 4. The fraction of sp³-hybridized carbons (Fsp3) is 0.455. The number of hydrogen-bond donors (Lipinski definition) is 0. The molecule has 0 atom stereocenters. The molecule has 2 saturated heterocycles. The van der Waals surface area contributed by atoms with Crippen LogP contribution in [0.3, 0.4) is 0 Å². The molecule has 1 amide bonds. The lowest BCUT2D eigenvalue weighted by Gasteiger charge is -2.65. The number of halogens is 4. The molecule has 2 aromatic heterocycles. The SMILES string of the molecule is Cc1nc2ccc(-c3cccc(N(CC45CCC(c6cnc(C(F)(F)F)nc6)(CC4)OC5)C(=O)C45CC(F)(C4)C5)c3)cc2s1. The highest BCUT2D eigenvalue weighted by Gasteiger charge is 2.73. The molecule has 4 bridgehead atoms. The number of aromatic nitrogens is 3. The lowest BCUT2D eigenvalue weighted by atomic mass is 9.41. The number of thiazole rings is 1. The number of aryl methyl sites for hydroxylation is 1. The largest absolute Gasteiger partial charge is 0.451 e. The number of amides is 1. The van der Waals surface area contributed by atoms with E-state index in [0.29, 0.717) is 31.6 Å². The minimum atomic E-state index is -4.60. The van der Waals surface area contributed by atoms with Crippen molar-refractivity contribution in [2.45, 2.75) is 69.3 Å². The van der Waals surface area contributed by atoms with Gasteiger partial charge in [0.1, 0.15) is 5.67 Å². The van der Waals surface area contributed by atoms with Gasteiger partial charge in [0.15, 0.2) is 0 Å². The standard InChI is InChI=1S/C33H30F4N4O2S/c1-20-40-25-6-5-22(12-26(25)44-20)21-3-2-4-24(11-21)41(28(42)30-15-31(34,16-30)17-30)18-29-7-9-32(10-8-29,43-19-29)23-13-38-27(39-14-23)33(35,36)37/h2-6,11-14H,7-10,15-19H2,1H3. The zero-order chi connectivity index (χ0) is 30.5. The Morgan fingerprint density at radius 2 is 1.70 bits per heavy atom. The van der Waals surface area contributed by atoms with Gasteiger partial charge in [0, 0.05) is 35.6 Å². The van der Waals surface area contributed by atoms with E-state index in [1.165, 1.54) is 12.4 Å². The topological polar surface area (TPSA) is 68.2 Å². The van der Waals surface area contributed by atoms with E-state index in [0.717, 1.165) is 44.9 Å². The summed E-state index contributed by atoms with van der Waals surface area (Å²) < 4.78 is 61.2. The number of anilines is 1. The van der Waals surface area contributed by atoms with Crippen molar-refractivity contribution in [1.29, 1.82) is 0 Å². The predicted octanol–water partition coefficient (Wildman–Crippen LogP) is 7.79. The summed E-state index contributed by atoms with van der Waals surface area (Å²) in [6, 6.07) is 14.1. The first kappa shape index (κ1) is 28.1. The maximum atomic E-state index is 14.6. The van der Waals surface area contributed by atoms with Crippen molar-refractivity contribution < 1.29 is 27.1 Å². The van der Waals surface area contributed by atoms with Gasteiger partial charge in [-0.1, -0.05) is 18.2 Å². The summed E-state index contributed by atoms with van der Waals surface area (Å²) >= 11 is 1.64. The highest BCUT2D eigenvalue weighted by atomic mass is 32.1. The maximum absolute atomic E-state index is 14.6. The third kappa shape index (κ3) is 4.37. The van der Waals surface area contributed by atoms with Gasteiger partial charge in [0.05, 0.1) is 32.8 Å². The van der Waals surface area contributed by atoms with Gasteiger partial charge in [-0.2, -0.15) is 13.2 Å². The summed E-state index contributed by atoms with van der Waals surface area (Å²) in [5.74, 6) is -1.20. The zero-order valence-electron chi connectivity index (χ0n) is 24.1. The molecule has 6 fully saturated rings. The molecule has 4 saturated carbocycles. The van der Waals surface area contributed by atoms with Crippen molar-refractivity contribution in [2.24, 2.45) is 10.8 Å². The normalized spacial score (nSPS) is 30.6. The summed E-state index contributed by atoms with van der Waals surface area (Å²) in [6.45, 7) is 2.78. The summed E-state index contributed by atoms with van der Waals surface area (Å²) in [7, 11) is 0. The van der Waals surface area contributed by atoms with Gasteiger partial charge < -0.3 is 9.64 Å². The van der Waals surface area contributed by atoms with Gasteiger partial charge in [-0.25, -0.2) is 19.3 Å². The van der Waals surface area contributed by atoms with Crippen molar-refractivity contribution in [3.8, 4) is 11.1 Å². The van der Waals surface area contributed by atoms with Crippen LogP contribution in [0.4, 0.5) is 23.2 Å². The van der Waals surface area contributed by atoms with Crippen molar-refractivity contribution in [3.63, 3.8) is 0 Å². The molecule has 2 aromatic carbocycles. The molecule has 0 N–H and O–H groups in total. The predicted molar refractivity (Wildman–Crippen MR) is 158 cm³/mol. The molecule has 2 aliphatic heterocycles. The fourth-order valence-corrected chi connectivity index (χ4v) is 8.78. The van der Waals surface area contributed by atoms with E-state index in [9.17, 15) is 22.4 Å². The second-order valence-corrected chi connectivity index (χ2v) is 14.6. The van der Waals surface area contributed by atoms with Crippen molar-refractivity contribution >= 4 is 33.1 Å². The van der Waals surface area contributed by atoms with Crippen LogP contribution in [-0.2, 0) is 21.3 Å². The third-order valence-corrected chi connectivity index (χ3v) is 11.3. The van der Waals surface area contributed by atoms with E-state index in [1.54, 1.807) is 11.3 Å². The van der Waals surface area contributed by atoms with Gasteiger partial charge in [-0.3, -0.25) is 4.79 Å². The number of carbonyl (C=O) groups is 1. The van der Waals surface area contributed by atoms with E-state index in [4.69, 9.17) is 4.74 Å². The Morgan fingerprint density at radius 1 is 1.00 bits per heavy atom. The molecule has 0 unspecified atom stereocenters. The molecule has 4 aliphatic carbocycles. The molecule has 10 rings (SSSR count). The van der Waals surface area contributed by atoms with Crippen LogP contribution >= 0.6 is 11.3 Å². The monoisotopic (exact) mass is 622 g/mol. The van der Waals surface area contributed by atoms with Crippen LogP contribution < -0.4 is 4.90 Å². The molecule has 6 nitrogen and oxygen atoms in total. The van der Waals surface area contributed by atoms with Crippen LogP contribution in [0.25, 0.3) is 21.3 Å². The third-order valence-electron chi connectivity index (χ3n) is 10.3. The number of ether oxygens (including phenoxy) is 1. The molecule has 0 spiro atoms. The molecule has 11 heteroatoms. The van der Waals surface area contributed by atoms with Crippen LogP contribution in [-0.4, -0.2) is 39.7 Å². The second kappa shape index (κ2) is 9.29. The summed E-state index contributed by atoms with van der Waals surface area (Å²) in [6.07, 6.45) is 1.34. The number of rotatable bonds is 6. The molecule has 6 aliphatic rings. The van der Waals surface area contributed by atoms with Crippen molar-refractivity contribution in [2.75, 3.05) is 18.1 Å². The van der Waals surface area contributed by atoms with Crippen molar-refractivity contribution in [1.82, 2.24) is 15.0 Å². The van der Waals surface area contributed by atoms with E-state index in [1.807, 2.05) is 48.2 Å². The number of benzene rings is 2. The molecule has 4 heterocycles. The Morgan fingerprint density at radius 3 is 2.34 bits per heavy atom. The number of fused-ring (bicyclic) bond motifs is 4. The first-order chi connectivity index (χ1) is 20.9. The van der Waals surface area contributed by atoms with Gasteiger partial charge in [-0.05, 0) is 87.3 Å². The van der Waals surface area contributed by atoms with Crippen LogP contribution in [0.2, 0.25) is 0 Å². The molecule has 0 radical (unpaired) electrons. The number of alkyl halides is 4. The molecular weight excluding hydrogens is 592 g/mol. The average molecular weight is 623 g/mol. The van der Waals surface area contributed by atoms with Crippen LogP contribution in [0.15, 0.2) is 54.9 Å². The Balaban J connectivity index is 1.08. The summed E-state index contributed by atoms with van der Waals surface area (Å²) in [5.41, 5.74) is 1.39. The Hall–Kier alpha value is -3.44. The van der Waals surface area contributed by atoms with Gasteiger partial charge >= 0.3 is 6.18 Å². The maximum Gasteiger partial charge on any atom is 0.451 e. The summed E-state index contributed by atoms with van der Waals surface area (Å²) in [5, 5.41) is 1.00. The molecule has 228 valence electrons. The number of hydrogen-bond acceptors (Lipinski definition) is 6.